The van der Waals surface area contributed by atoms with Crippen LogP contribution >= 0.6 is 0 Å². The maximum absolute atomic E-state index is 12.8. The maximum Gasteiger partial charge on any atom is 0.241 e. The number of carbonyl (C=O) groups is 1. The number of nitrogens with zero attached hydrogens (tertiary/aromatic N) is 1. The highest BCUT2D eigenvalue weighted by Crippen LogP contribution is 2.35. The van der Waals surface area contributed by atoms with Crippen LogP contribution in [0.5, 0.6) is 0 Å². The van der Waals surface area contributed by atoms with Gasteiger partial charge in [0, 0.05) is 6.61 Å². The molecule has 3 aliphatic rings. The number of nitrogens with one attached hydrogen (secondary N) is 1. The van der Waals surface area contributed by atoms with E-state index in [9.17, 15) is 4.79 Å². The van der Waals surface area contributed by atoms with Crippen LogP contribution in [0.2, 0.25) is 0 Å². The second kappa shape index (κ2) is 6.25. The van der Waals surface area contributed by atoms with Crippen molar-refractivity contribution >= 4 is 5.91 Å². The first-order chi connectivity index (χ1) is 10.1. The number of ether oxygens (including phenoxy) is 1. The molecule has 0 bridgehead atoms. The SMILES string of the molecule is CCCC1NC(C2CCCC2)N(CC2(C)CCCO2)C1=O. The van der Waals surface area contributed by atoms with E-state index in [0.717, 1.165) is 38.8 Å². The van der Waals surface area contributed by atoms with Crippen LogP contribution in [0.15, 0.2) is 0 Å². The van der Waals surface area contributed by atoms with Gasteiger partial charge < -0.3 is 9.64 Å². The fraction of sp³-hybridized carbons (Fsp3) is 0.941. The lowest BCUT2D eigenvalue weighted by molar-refractivity contribution is -0.134. The predicted molar refractivity (Wildman–Crippen MR) is 82.9 cm³/mol. The standard InChI is InChI=1S/C17H30N2O2/c1-3-7-14-16(20)19(12-17(2)10-6-11-21-17)15(18-14)13-8-4-5-9-13/h13-15,18H,3-12H2,1-2H3. The van der Waals surface area contributed by atoms with Gasteiger partial charge in [-0.2, -0.15) is 0 Å². The fourth-order valence-electron chi connectivity index (χ4n) is 4.36. The van der Waals surface area contributed by atoms with Crippen LogP contribution in [0.4, 0.5) is 0 Å². The smallest absolute Gasteiger partial charge is 0.241 e. The van der Waals surface area contributed by atoms with Crippen molar-refractivity contribution in [1.29, 1.82) is 0 Å². The van der Waals surface area contributed by atoms with Crippen molar-refractivity contribution < 1.29 is 9.53 Å². The Labute approximate surface area is 128 Å². The summed E-state index contributed by atoms with van der Waals surface area (Å²) in [4.78, 5) is 14.9. The van der Waals surface area contributed by atoms with Gasteiger partial charge >= 0.3 is 0 Å². The molecule has 0 aromatic carbocycles. The van der Waals surface area contributed by atoms with Gasteiger partial charge in [-0.15, -0.1) is 0 Å². The number of hydrogen-bond acceptors (Lipinski definition) is 3. The Bertz CT molecular complexity index is 373. The molecule has 3 fully saturated rings. The van der Waals surface area contributed by atoms with E-state index in [2.05, 4.69) is 24.1 Å². The molecule has 3 unspecified atom stereocenters. The van der Waals surface area contributed by atoms with E-state index in [-0.39, 0.29) is 17.8 Å². The molecular formula is C17H30N2O2. The van der Waals surface area contributed by atoms with Crippen molar-refractivity contribution in [3.63, 3.8) is 0 Å². The third-order valence-electron chi connectivity index (χ3n) is 5.52. The maximum atomic E-state index is 12.8. The fourth-order valence-corrected chi connectivity index (χ4v) is 4.36. The minimum Gasteiger partial charge on any atom is -0.373 e. The molecule has 2 heterocycles. The molecule has 4 nitrogen and oxygen atoms in total. The summed E-state index contributed by atoms with van der Waals surface area (Å²) < 4.78 is 5.94. The first-order valence-electron chi connectivity index (χ1n) is 8.83. The van der Waals surface area contributed by atoms with Crippen LogP contribution < -0.4 is 5.32 Å². The normalized spacial score (nSPS) is 37.8. The third-order valence-corrected chi connectivity index (χ3v) is 5.52. The first kappa shape index (κ1) is 15.3. The van der Waals surface area contributed by atoms with Crippen LogP contribution in [0.25, 0.3) is 0 Å². The lowest BCUT2D eigenvalue weighted by Gasteiger charge is -2.35. The van der Waals surface area contributed by atoms with Gasteiger partial charge in [0.25, 0.3) is 0 Å². The lowest BCUT2D eigenvalue weighted by Crippen LogP contribution is -2.49. The van der Waals surface area contributed by atoms with Crippen LogP contribution in [-0.4, -0.2) is 41.8 Å². The second-order valence-electron chi connectivity index (χ2n) is 7.37. The zero-order chi connectivity index (χ0) is 14.9. The molecule has 2 aliphatic heterocycles. The van der Waals surface area contributed by atoms with E-state index in [1.54, 1.807) is 0 Å². The van der Waals surface area contributed by atoms with Gasteiger partial charge in [-0.1, -0.05) is 26.2 Å². The molecule has 3 rings (SSSR count). The zero-order valence-corrected chi connectivity index (χ0v) is 13.6. The molecule has 1 saturated carbocycles. The van der Waals surface area contributed by atoms with E-state index in [0.29, 0.717) is 11.8 Å². The highest BCUT2D eigenvalue weighted by molar-refractivity contribution is 5.84. The Hall–Kier alpha value is -0.610. The Morgan fingerprint density at radius 2 is 2.10 bits per heavy atom. The minimum absolute atomic E-state index is 0.0330. The average molecular weight is 294 g/mol. The molecule has 120 valence electrons. The van der Waals surface area contributed by atoms with Gasteiger partial charge in [0.05, 0.1) is 24.4 Å². The summed E-state index contributed by atoms with van der Waals surface area (Å²) in [7, 11) is 0. The van der Waals surface area contributed by atoms with Crippen molar-refractivity contribution in [2.24, 2.45) is 5.92 Å². The monoisotopic (exact) mass is 294 g/mol. The van der Waals surface area contributed by atoms with E-state index in [1.807, 2.05) is 0 Å². The summed E-state index contributed by atoms with van der Waals surface area (Å²) in [6, 6.07) is 0.0330. The molecule has 4 heteroatoms. The molecule has 0 radical (unpaired) electrons. The third kappa shape index (κ3) is 3.11. The van der Waals surface area contributed by atoms with Crippen LogP contribution in [-0.2, 0) is 9.53 Å². The summed E-state index contributed by atoms with van der Waals surface area (Å²) in [6.07, 6.45) is 9.62. The zero-order valence-electron chi connectivity index (χ0n) is 13.6. The van der Waals surface area contributed by atoms with Crippen molar-refractivity contribution in [1.82, 2.24) is 10.2 Å². The Morgan fingerprint density at radius 1 is 1.33 bits per heavy atom. The molecule has 3 atom stereocenters. The largest absolute Gasteiger partial charge is 0.373 e. The van der Waals surface area contributed by atoms with Crippen molar-refractivity contribution in [3.05, 3.63) is 0 Å². The summed E-state index contributed by atoms with van der Waals surface area (Å²) in [5.74, 6) is 0.950. The minimum atomic E-state index is -0.130. The molecule has 1 amide bonds. The Balaban J connectivity index is 1.73. The highest BCUT2D eigenvalue weighted by atomic mass is 16.5. The van der Waals surface area contributed by atoms with Crippen LogP contribution in [0.3, 0.4) is 0 Å². The van der Waals surface area contributed by atoms with Crippen molar-refractivity contribution in [2.75, 3.05) is 13.2 Å². The number of amides is 1. The van der Waals surface area contributed by atoms with E-state index in [4.69, 9.17) is 4.74 Å². The molecule has 0 aromatic rings. The topological polar surface area (TPSA) is 41.6 Å². The number of carbonyl (C=O) groups excluding carboxylic acids is 1. The predicted octanol–water partition coefficient (Wildman–Crippen LogP) is 2.67. The van der Waals surface area contributed by atoms with Crippen molar-refractivity contribution in [2.45, 2.75) is 83.0 Å². The van der Waals surface area contributed by atoms with E-state index in [1.165, 1.54) is 25.7 Å². The molecule has 1 N–H and O–H groups in total. The average Bonchev–Trinajstić information content (AvgIpc) is 3.17. The summed E-state index contributed by atoms with van der Waals surface area (Å²) in [6.45, 7) is 5.94. The van der Waals surface area contributed by atoms with Crippen LogP contribution in [0.1, 0.15) is 65.2 Å². The molecule has 0 spiro atoms. The van der Waals surface area contributed by atoms with Crippen LogP contribution in [0, 0.1) is 5.92 Å². The lowest BCUT2D eigenvalue weighted by atomic mass is 9.99. The first-order valence-corrected chi connectivity index (χ1v) is 8.83. The molecule has 0 aromatic heterocycles. The molecule has 2 saturated heterocycles. The van der Waals surface area contributed by atoms with Crippen molar-refractivity contribution in [3.8, 4) is 0 Å². The second-order valence-corrected chi connectivity index (χ2v) is 7.37. The summed E-state index contributed by atoms with van der Waals surface area (Å²) >= 11 is 0. The van der Waals surface area contributed by atoms with Gasteiger partial charge in [-0.05, 0) is 44.9 Å². The number of rotatable bonds is 5. The van der Waals surface area contributed by atoms with Gasteiger partial charge in [0.1, 0.15) is 0 Å². The van der Waals surface area contributed by atoms with E-state index < -0.39 is 0 Å². The Kier molecular flexibility index (Phi) is 4.55. The van der Waals surface area contributed by atoms with Gasteiger partial charge in [-0.3, -0.25) is 10.1 Å². The molecule has 21 heavy (non-hydrogen) atoms. The quantitative estimate of drug-likeness (QED) is 0.847. The molecular weight excluding hydrogens is 264 g/mol. The highest BCUT2D eigenvalue weighted by Gasteiger charge is 2.46. The number of hydrogen-bond donors (Lipinski definition) is 1. The van der Waals surface area contributed by atoms with Gasteiger partial charge in [0.15, 0.2) is 0 Å². The van der Waals surface area contributed by atoms with E-state index >= 15 is 0 Å². The van der Waals surface area contributed by atoms with Gasteiger partial charge in [0.2, 0.25) is 5.91 Å². The Morgan fingerprint density at radius 3 is 2.71 bits per heavy atom. The summed E-state index contributed by atoms with van der Waals surface area (Å²) in [5, 5.41) is 3.65. The molecule has 1 aliphatic carbocycles. The summed E-state index contributed by atoms with van der Waals surface area (Å²) in [5.41, 5.74) is -0.130. The van der Waals surface area contributed by atoms with Gasteiger partial charge in [-0.25, -0.2) is 0 Å².